The van der Waals surface area contributed by atoms with Gasteiger partial charge in [0.05, 0.1) is 22.3 Å². The minimum absolute atomic E-state index is 0.0820. The number of rotatable bonds is 4. The third kappa shape index (κ3) is 3.77. The summed E-state index contributed by atoms with van der Waals surface area (Å²) in [5.74, 6) is 1.61. The molecule has 0 saturated carbocycles. The predicted octanol–water partition coefficient (Wildman–Crippen LogP) is 4.98. The second-order valence-corrected chi connectivity index (χ2v) is 9.29. The zero-order valence-electron chi connectivity index (χ0n) is 17.8. The Morgan fingerprint density at radius 1 is 1.00 bits per heavy atom. The molecule has 7 heteroatoms. The first-order valence-corrected chi connectivity index (χ1v) is 10.8. The standard InChI is InChI=1S/C23H24N4O2S/c1-14-9-8-10-15(2)19(14)27-20(28)16-11-6-7-12-17(16)24-22(27)30-13-18-25-21(26-29-18)23(3,4)5/h6-12H,13H2,1-5H3. The first-order valence-electron chi connectivity index (χ1n) is 9.80. The van der Waals surface area contributed by atoms with Crippen LogP contribution in [0.4, 0.5) is 0 Å². The molecule has 0 unspecified atom stereocenters. The molecule has 0 saturated heterocycles. The van der Waals surface area contributed by atoms with Gasteiger partial charge in [-0.1, -0.05) is 68.0 Å². The molecule has 6 nitrogen and oxygen atoms in total. The number of para-hydroxylation sites is 2. The Labute approximate surface area is 179 Å². The third-order valence-electron chi connectivity index (χ3n) is 4.87. The summed E-state index contributed by atoms with van der Waals surface area (Å²) in [5.41, 5.74) is 3.31. The van der Waals surface area contributed by atoms with Gasteiger partial charge >= 0.3 is 0 Å². The van der Waals surface area contributed by atoms with E-state index in [2.05, 4.69) is 10.1 Å². The lowest BCUT2D eigenvalue weighted by Crippen LogP contribution is -2.23. The molecule has 0 bridgehead atoms. The summed E-state index contributed by atoms with van der Waals surface area (Å²) in [6, 6.07) is 13.4. The monoisotopic (exact) mass is 420 g/mol. The maximum Gasteiger partial charge on any atom is 0.266 e. The van der Waals surface area contributed by atoms with Crippen LogP contribution in [0.5, 0.6) is 0 Å². The minimum Gasteiger partial charge on any atom is -0.338 e. The first-order chi connectivity index (χ1) is 14.3. The number of fused-ring (bicyclic) bond motifs is 1. The van der Waals surface area contributed by atoms with Crippen LogP contribution in [0.2, 0.25) is 0 Å². The van der Waals surface area contributed by atoms with E-state index < -0.39 is 0 Å². The third-order valence-corrected chi connectivity index (χ3v) is 5.80. The molecule has 0 atom stereocenters. The van der Waals surface area contributed by atoms with Gasteiger partial charge in [-0.15, -0.1) is 0 Å². The summed E-state index contributed by atoms with van der Waals surface area (Å²) in [6.07, 6.45) is 0. The van der Waals surface area contributed by atoms with Crippen molar-refractivity contribution in [2.24, 2.45) is 0 Å². The summed E-state index contributed by atoms with van der Waals surface area (Å²) in [5, 5.41) is 5.29. The van der Waals surface area contributed by atoms with Gasteiger partial charge in [-0.25, -0.2) is 4.98 Å². The molecular formula is C23H24N4O2S. The molecule has 0 radical (unpaired) electrons. The van der Waals surface area contributed by atoms with Crippen LogP contribution >= 0.6 is 11.8 Å². The van der Waals surface area contributed by atoms with Gasteiger partial charge in [0.15, 0.2) is 11.0 Å². The Hall–Kier alpha value is -2.93. The van der Waals surface area contributed by atoms with E-state index in [1.165, 1.54) is 11.8 Å². The van der Waals surface area contributed by atoms with Crippen LogP contribution in [-0.2, 0) is 11.2 Å². The molecule has 0 aliphatic carbocycles. The normalized spacial score (nSPS) is 11.9. The van der Waals surface area contributed by atoms with E-state index in [-0.39, 0.29) is 11.0 Å². The Morgan fingerprint density at radius 3 is 2.37 bits per heavy atom. The van der Waals surface area contributed by atoms with E-state index in [0.717, 1.165) is 16.8 Å². The second kappa shape index (κ2) is 7.72. The highest BCUT2D eigenvalue weighted by Gasteiger charge is 2.22. The van der Waals surface area contributed by atoms with Crippen LogP contribution in [0, 0.1) is 13.8 Å². The van der Waals surface area contributed by atoms with E-state index in [4.69, 9.17) is 9.51 Å². The van der Waals surface area contributed by atoms with Crippen molar-refractivity contribution in [3.63, 3.8) is 0 Å². The van der Waals surface area contributed by atoms with Crippen molar-refractivity contribution in [2.75, 3.05) is 0 Å². The number of nitrogens with zero attached hydrogens (tertiary/aromatic N) is 4. The summed E-state index contributed by atoms with van der Waals surface area (Å²) in [4.78, 5) is 22.8. The van der Waals surface area contributed by atoms with E-state index in [1.54, 1.807) is 4.57 Å². The Bertz CT molecular complexity index is 1260. The molecule has 0 amide bonds. The van der Waals surface area contributed by atoms with Gasteiger partial charge in [0, 0.05) is 5.41 Å². The zero-order valence-corrected chi connectivity index (χ0v) is 18.6. The van der Waals surface area contributed by atoms with Gasteiger partial charge in [0.1, 0.15) is 0 Å². The fourth-order valence-electron chi connectivity index (χ4n) is 3.31. The van der Waals surface area contributed by atoms with Gasteiger partial charge in [-0.2, -0.15) is 4.98 Å². The molecule has 0 spiro atoms. The molecule has 2 aromatic carbocycles. The topological polar surface area (TPSA) is 73.8 Å². The quantitative estimate of drug-likeness (QED) is 0.343. The van der Waals surface area contributed by atoms with Crippen molar-refractivity contribution in [2.45, 2.75) is 50.9 Å². The van der Waals surface area contributed by atoms with Gasteiger partial charge in [0.2, 0.25) is 5.89 Å². The smallest absolute Gasteiger partial charge is 0.266 e. The summed E-state index contributed by atoms with van der Waals surface area (Å²) in [6.45, 7) is 10.1. The maximum absolute atomic E-state index is 13.5. The minimum atomic E-state index is -0.187. The van der Waals surface area contributed by atoms with Crippen LogP contribution in [0.15, 0.2) is 56.9 Å². The van der Waals surface area contributed by atoms with E-state index >= 15 is 0 Å². The van der Waals surface area contributed by atoms with Gasteiger partial charge in [-0.3, -0.25) is 9.36 Å². The number of aryl methyl sites for hydroxylation is 2. The number of hydrogen-bond acceptors (Lipinski definition) is 6. The van der Waals surface area contributed by atoms with Gasteiger partial charge in [-0.05, 0) is 37.1 Å². The Kier molecular flexibility index (Phi) is 5.24. The SMILES string of the molecule is Cc1cccc(C)c1-n1c(SCc2nc(C(C)(C)C)no2)nc2ccccc2c1=O. The fourth-order valence-corrected chi connectivity index (χ4v) is 4.15. The highest BCUT2D eigenvalue weighted by atomic mass is 32.2. The van der Waals surface area contributed by atoms with Crippen molar-refractivity contribution < 1.29 is 4.52 Å². The van der Waals surface area contributed by atoms with Gasteiger partial charge in [0.25, 0.3) is 5.56 Å². The van der Waals surface area contributed by atoms with Crippen LogP contribution < -0.4 is 5.56 Å². The van der Waals surface area contributed by atoms with Crippen LogP contribution in [0.1, 0.15) is 43.6 Å². The van der Waals surface area contributed by atoms with Crippen molar-refractivity contribution in [1.82, 2.24) is 19.7 Å². The molecule has 2 heterocycles. The number of benzene rings is 2. The first kappa shape index (κ1) is 20.3. The largest absolute Gasteiger partial charge is 0.338 e. The lowest BCUT2D eigenvalue weighted by atomic mass is 9.96. The Morgan fingerprint density at radius 2 is 1.70 bits per heavy atom. The number of thioether (sulfide) groups is 1. The van der Waals surface area contributed by atoms with E-state index in [9.17, 15) is 4.79 Å². The zero-order chi connectivity index (χ0) is 21.5. The summed E-state index contributed by atoms with van der Waals surface area (Å²) >= 11 is 1.42. The lowest BCUT2D eigenvalue weighted by molar-refractivity contribution is 0.372. The molecule has 30 heavy (non-hydrogen) atoms. The van der Waals surface area contributed by atoms with Crippen LogP contribution in [0.25, 0.3) is 16.6 Å². The molecule has 0 aliphatic heterocycles. The molecular weight excluding hydrogens is 396 g/mol. The van der Waals surface area contributed by atoms with Crippen LogP contribution in [0.3, 0.4) is 0 Å². The van der Waals surface area contributed by atoms with E-state index in [0.29, 0.717) is 33.5 Å². The maximum atomic E-state index is 13.5. The fraction of sp³-hybridized carbons (Fsp3) is 0.304. The Balaban J connectivity index is 1.82. The highest BCUT2D eigenvalue weighted by Crippen LogP contribution is 2.28. The molecule has 2 aromatic heterocycles. The highest BCUT2D eigenvalue weighted by molar-refractivity contribution is 7.98. The number of aromatic nitrogens is 4. The molecule has 154 valence electrons. The van der Waals surface area contributed by atoms with Gasteiger partial charge < -0.3 is 4.52 Å². The lowest BCUT2D eigenvalue weighted by Gasteiger charge is -2.17. The van der Waals surface area contributed by atoms with Crippen molar-refractivity contribution >= 4 is 22.7 Å². The molecule has 0 N–H and O–H groups in total. The molecule has 0 aliphatic rings. The second-order valence-electron chi connectivity index (χ2n) is 8.34. The number of hydrogen-bond donors (Lipinski definition) is 0. The van der Waals surface area contributed by atoms with Crippen molar-refractivity contribution in [1.29, 1.82) is 0 Å². The summed E-state index contributed by atoms with van der Waals surface area (Å²) < 4.78 is 7.13. The van der Waals surface area contributed by atoms with E-state index in [1.807, 2.05) is 77.1 Å². The molecule has 4 aromatic rings. The van der Waals surface area contributed by atoms with Crippen molar-refractivity contribution in [3.8, 4) is 5.69 Å². The average molecular weight is 421 g/mol. The van der Waals surface area contributed by atoms with Crippen molar-refractivity contribution in [3.05, 3.63) is 75.7 Å². The summed E-state index contributed by atoms with van der Waals surface area (Å²) in [7, 11) is 0. The molecule has 4 rings (SSSR count). The predicted molar refractivity (Wildman–Crippen MR) is 119 cm³/mol. The average Bonchev–Trinajstić information content (AvgIpc) is 3.18. The molecule has 0 fully saturated rings. The van der Waals surface area contributed by atoms with Crippen LogP contribution in [-0.4, -0.2) is 19.7 Å².